The van der Waals surface area contributed by atoms with Gasteiger partial charge < -0.3 is 9.84 Å². The zero-order valence-electron chi connectivity index (χ0n) is 19.1. The van der Waals surface area contributed by atoms with E-state index in [0.29, 0.717) is 33.1 Å². The van der Waals surface area contributed by atoms with Crippen molar-refractivity contribution in [3.8, 4) is 5.75 Å². The number of hydrogen-bond acceptors (Lipinski definition) is 4. The van der Waals surface area contributed by atoms with Crippen molar-refractivity contribution in [3.63, 3.8) is 0 Å². The number of esters is 1. The average Bonchev–Trinajstić information content (AvgIpc) is 3.06. The summed E-state index contributed by atoms with van der Waals surface area (Å²) in [6, 6.07) is 16.9. The van der Waals surface area contributed by atoms with Crippen molar-refractivity contribution in [2.75, 3.05) is 4.90 Å². The molecule has 0 saturated heterocycles. The third kappa shape index (κ3) is 4.74. The third-order valence-corrected chi connectivity index (χ3v) is 6.45. The predicted octanol–water partition coefficient (Wildman–Crippen LogP) is 6.97. The maximum atomic E-state index is 13.7. The molecule has 1 aliphatic heterocycles. The smallest absolute Gasteiger partial charge is 0.339 e. The molecule has 0 radical (unpaired) electrons. The van der Waals surface area contributed by atoms with Crippen molar-refractivity contribution >= 4 is 68.4 Å². The summed E-state index contributed by atoms with van der Waals surface area (Å²) in [5.74, 6) is -2.29. The summed E-state index contributed by atoms with van der Waals surface area (Å²) < 4.78 is 6.19. The minimum atomic E-state index is -1.24. The lowest BCUT2D eigenvalue weighted by molar-refractivity contribution is -0.143. The molecule has 1 N–H and O–H groups in total. The highest BCUT2D eigenvalue weighted by molar-refractivity contribution is 9.10. The molecule has 0 spiro atoms. The van der Waals surface area contributed by atoms with Crippen molar-refractivity contribution in [1.82, 2.24) is 0 Å². The Morgan fingerprint density at radius 1 is 1.06 bits per heavy atom. The molecule has 1 amide bonds. The number of carbonyl (C=O) groups excluding carboxylic acids is 2. The van der Waals surface area contributed by atoms with Crippen LogP contribution in [0.25, 0.3) is 11.6 Å². The number of hydrogen-bond donors (Lipinski definition) is 1. The summed E-state index contributed by atoms with van der Waals surface area (Å²) in [5.41, 5.74) is 1.73. The minimum Gasteiger partial charge on any atom is -0.478 e. The van der Waals surface area contributed by atoms with E-state index in [2.05, 4.69) is 15.9 Å². The molecule has 0 fully saturated rings. The maximum Gasteiger partial charge on any atom is 0.339 e. The quantitative estimate of drug-likeness (QED) is 0.214. The Kier molecular flexibility index (Phi) is 6.58. The number of fused-ring (bicyclic) bond motifs is 1. The number of para-hydroxylation sites is 1. The van der Waals surface area contributed by atoms with Gasteiger partial charge in [0.15, 0.2) is 0 Å². The summed E-state index contributed by atoms with van der Waals surface area (Å²) in [5, 5.41) is 10.1. The van der Waals surface area contributed by atoms with Crippen molar-refractivity contribution in [3.05, 3.63) is 86.8 Å². The van der Waals surface area contributed by atoms with E-state index in [9.17, 15) is 19.5 Å². The summed E-state index contributed by atoms with van der Waals surface area (Å²) in [4.78, 5) is 39.4. The van der Waals surface area contributed by atoms with Gasteiger partial charge in [-0.05, 0) is 57.2 Å². The number of aromatic carboxylic acids is 1. The number of carboxylic acid groups (broad SMARTS) is 1. The van der Waals surface area contributed by atoms with E-state index in [1.165, 1.54) is 23.1 Å². The molecule has 0 atom stereocenters. The van der Waals surface area contributed by atoms with Gasteiger partial charge in [-0.25, -0.2) is 4.79 Å². The Balaban J connectivity index is 1.84. The number of ether oxygens (including phenoxy) is 1. The van der Waals surface area contributed by atoms with Crippen molar-refractivity contribution in [2.45, 2.75) is 20.8 Å². The van der Waals surface area contributed by atoms with Gasteiger partial charge in [0.25, 0.3) is 5.91 Å². The van der Waals surface area contributed by atoms with Crippen molar-refractivity contribution in [1.29, 1.82) is 0 Å². The van der Waals surface area contributed by atoms with E-state index in [0.717, 1.165) is 4.47 Å². The first-order valence-electron chi connectivity index (χ1n) is 10.7. The lowest BCUT2D eigenvalue weighted by atomic mass is 9.97. The molecule has 1 aliphatic rings. The first kappa shape index (κ1) is 24.7. The zero-order valence-corrected chi connectivity index (χ0v) is 21.5. The van der Waals surface area contributed by atoms with Crippen LogP contribution in [0.4, 0.5) is 11.4 Å². The SMILES string of the molecule is CC(C)(C)C(=O)Oc1cc(N2C(=O)/C(=C/c3c(Cl)cccc3Br)c3ccccc32)ccc1C(=O)O. The summed E-state index contributed by atoms with van der Waals surface area (Å²) >= 11 is 9.87. The molecular weight excluding hydrogens is 534 g/mol. The van der Waals surface area contributed by atoms with Crippen LogP contribution in [-0.2, 0) is 9.59 Å². The van der Waals surface area contributed by atoms with Crippen LogP contribution in [0.3, 0.4) is 0 Å². The average molecular weight is 555 g/mol. The van der Waals surface area contributed by atoms with Gasteiger partial charge in [-0.1, -0.05) is 51.8 Å². The molecule has 0 saturated carbocycles. The standard InChI is InChI=1S/C27H21BrClNO5/c1-27(2,3)26(34)35-23-13-15(11-12-17(23)25(32)33)30-22-10-5-4-7-16(22)18(24(30)31)14-19-20(28)8-6-9-21(19)29/h4-14H,1-3H3,(H,32,33)/b18-14+. The highest BCUT2D eigenvalue weighted by Crippen LogP contribution is 2.44. The van der Waals surface area contributed by atoms with Gasteiger partial charge in [0.2, 0.25) is 0 Å². The van der Waals surface area contributed by atoms with Crippen molar-refractivity contribution in [2.24, 2.45) is 5.41 Å². The molecule has 3 aromatic rings. The first-order chi connectivity index (χ1) is 16.5. The Morgan fingerprint density at radius 3 is 2.43 bits per heavy atom. The highest BCUT2D eigenvalue weighted by Gasteiger charge is 2.34. The fraction of sp³-hybridized carbons (Fsp3) is 0.148. The van der Waals surface area contributed by atoms with Crippen LogP contribution in [0.5, 0.6) is 5.75 Å². The summed E-state index contributed by atoms with van der Waals surface area (Å²) in [6.45, 7) is 5.01. The monoisotopic (exact) mass is 553 g/mol. The number of anilines is 2. The van der Waals surface area contributed by atoms with Gasteiger partial charge in [-0.2, -0.15) is 0 Å². The summed E-state index contributed by atoms with van der Waals surface area (Å²) in [7, 11) is 0. The molecule has 0 unspecified atom stereocenters. The Morgan fingerprint density at radius 2 is 1.77 bits per heavy atom. The molecule has 3 aromatic carbocycles. The molecular formula is C27H21BrClNO5. The number of rotatable bonds is 4. The zero-order chi connectivity index (χ0) is 25.5. The largest absolute Gasteiger partial charge is 0.478 e. The molecule has 1 heterocycles. The topological polar surface area (TPSA) is 83.9 Å². The number of amides is 1. The van der Waals surface area contributed by atoms with E-state index in [1.54, 1.807) is 51.1 Å². The molecule has 0 aromatic heterocycles. The van der Waals surface area contributed by atoms with Gasteiger partial charge in [0.1, 0.15) is 11.3 Å². The van der Waals surface area contributed by atoms with E-state index in [4.69, 9.17) is 16.3 Å². The molecule has 6 nitrogen and oxygen atoms in total. The molecule has 0 aliphatic carbocycles. The molecule has 8 heteroatoms. The second-order valence-corrected chi connectivity index (χ2v) is 10.2. The first-order valence-corrected chi connectivity index (χ1v) is 11.9. The van der Waals surface area contributed by atoms with Crippen molar-refractivity contribution < 1.29 is 24.2 Å². The Hall–Kier alpha value is -3.42. The third-order valence-electron chi connectivity index (χ3n) is 5.43. The van der Waals surface area contributed by atoms with Crippen LogP contribution in [0, 0.1) is 5.41 Å². The highest BCUT2D eigenvalue weighted by atomic mass is 79.9. The van der Waals surface area contributed by atoms with Crippen LogP contribution in [0.1, 0.15) is 42.3 Å². The number of halogens is 2. The van der Waals surface area contributed by atoms with E-state index in [-0.39, 0.29) is 17.2 Å². The molecule has 178 valence electrons. The number of nitrogens with zero attached hydrogens (tertiary/aromatic N) is 1. The van der Waals surface area contributed by atoms with Gasteiger partial charge in [0, 0.05) is 26.7 Å². The van der Waals surface area contributed by atoms with Crippen LogP contribution in [0.2, 0.25) is 5.02 Å². The minimum absolute atomic E-state index is 0.133. The maximum absolute atomic E-state index is 13.7. The lowest BCUT2D eigenvalue weighted by Gasteiger charge is -2.21. The Labute approximate surface area is 215 Å². The second kappa shape index (κ2) is 9.32. The van der Waals surface area contributed by atoms with E-state index in [1.807, 2.05) is 18.2 Å². The number of carboxylic acids is 1. The number of carbonyl (C=O) groups is 3. The van der Waals surface area contributed by atoms with Crippen LogP contribution < -0.4 is 9.64 Å². The van der Waals surface area contributed by atoms with Crippen LogP contribution in [0.15, 0.2) is 65.1 Å². The van der Waals surface area contributed by atoms with Gasteiger partial charge in [-0.15, -0.1) is 0 Å². The fourth-order valence-corrected chi connectivity index (χ4v) is 4.42. The van der Waals surface area contributed by atoms with Gasteiger partial charge in [-0.3, -0.25) is 14.5 Å². The normalized spacial score (nSPS) is 14.3. The number of benzene rings is 3. The van der Waals surface area contributed by atoms with Crippen LogP contribution in [-0.4, -0.2) is 23.0 Å². The molecule has 0 bridgehead atoms. The Bertz CT molecular complexity index is 1390. The van der Waals surface area contributed by atoms with Gasteiger partial charge >= 0.3 is 11.9 Å². The van der Waals surface area contributed by atoms with Gasteiger partial charge in [0.05, 0.1) is 22.4 Å². The van der Waals surface area contributed by atoms with E-state index >= 15 is 0 Å². The predicted molar refractivity (Wildman–Crippen MR) is 139 cm³/mol. The lowest BCUT2D eigenvalue weighted by Crippen LogP contribution is -2.26. The molecule has 4 rings (SSSR count). The second-order valence-electron chi connectivity index (χ2n) is 8.98. The summed E-state index contributed by atoms with van der Waals surface area (Å²) in [6.07, 6.45) is 1.72. The fourth-order valence-electron chi connectivity index (χ4n) is 3.59. The van der Waals surface area contributed by atoms with Crippen LogP contribution >= 0.6 is 27.5 Å². The van der Waals surface area contributed by atoms with E-state index < -0.39 is 17.4 Å². The molecule has 35 heavy (non-hydrogen) atoms.